The van der Waals surface area contributed by atoms with Crippen LogP contribution in [0.4, 0.5) is 11.4 Å². The monoisotopic (exact) mass is 291 g/mol. The fourth-order valence-corrected chi connectivity index (χ4v) is 2.73. The van der Waals surface area contributed by atoms with Crippen molar-refractivity contribution in [1.29, 1.82) is 0 Å². The van der Waals surface area contributed by atoms with E-state index in [0.717, 1.165) is 38.2 Å². The van der Waals surface area contributed by atoms with Crippen LogP contribution in [0.25, 0.3) is 11.0 Å². The second-order valence-corrected chi connectivity index (χ2v) is 5.20. The normalized spacial score (nSPS) is 17.2. The third-order valence-electron chi connectivity index (χ3n) is 3.99. The second kappa shape index (κ2) is 5.65. The van der Waals surface area contributed by atoms with E-state index in [4.69, 9.17) is 0 Å². The number of likely N-dealkylation sites (tertiary alicyclic amines) is 1. The highest BCUT2D eigenvalue weighted by Gasteiger charge is 2.22. The summed E-state index contributed by atoms with van der Waals surface area (Å²) in [5, 5.41) is 21.8. The van der Waals surface area contributed by atoms with Crippen molar-refractivity contribution in [3.8, 4) is 0 Å². The summed E-state index contributed by atoms with van der Waals surface area (Å²) in [6.45, 7) is 5.35. The number of hydrogen-bond acceptors (Lipinski definition) is 7. The van der Waals surface area contributed by atoms with Gasteiger partial charge in [-0.15, -0.1) is 0 Å². The van der Waals surface area contributed by atoms with Gasteiger partial charge in [-0.05, 0) is 35.8 Å². The van der Waals surface area contributed by atoms with Crippen molar-refractivity contribution in [2.24, 2.45) is 0 Å². The van der Waals surface area contributed by atoms with E-state index in [1.165, 1.54) is 6.07 Å². The first kappa shape index (κ1) is 13.7. The molecule has 8 heteroatoms. The second-order valence-electron chi connectivity index (χ2n) is 5.20. The van der Waals surface area contributed by atoms with Crippen LogP contribution < -0.4 is 5.32 Å². The first-order valence-electron chi connectivity index (χ1n) is 7.07. The molecule has 2 aromatic rings. The van der Waals surface area contributed by atoms with Crippen molar-refractivity contribution in [1.82, 2.24) is 15.2 Å². The lowest BCUT2D eigenvalue weighted by Gasteiger charge is -2.31. The van der Waals surface area contributed by atoms with Gasteiger partial charge < -0.3 is 10.2 Å². The molecule has 1 fully saturated rings. The Bertz CT molecular complexity index is 648. The molecule has 0 amide bonds. The zero-order valence-electron chi connectivity index (χ0n) is 11.8. The highest BCUT2D eigenvalue weighted by molar-refractivity contribution is 5.93. The largest absolute Gasteiger partial charge is 0.380 e. The fraction of sp³-hybridized carbons (Fsp3) is 0.538. The summed E-state index contributed by atoms with van der Waals surface area (Å²) in [6.07, 6.45) is 2.08. The number of benzene rings is 1. The molecule has 112 valence electrons. The lowest BCUT2D eigenvalue weighted by Crippen LogP contribution is -2.38. The first-order valence-corrected chi connectivity index (χ1v) is 7.07. The van der Waals surface area contributed by atoms with Gasteiger partial charge in [-0.3, -0.25) is 10.1 Å². The van der Waals surface area contributed by atoms with Crippen LogP contribution in [0, 0.1) is 10.1 Å². The molecule has 0 aliphatic carbocycles. The van der Waals surface area contributed by atoms with Crippen molar-refractivity contribution in [3.63, 3.8) is 0 Å². The van der Waals surface area contributed by atoms with E-state index in [0.29, 0.717) is 11.6 Å². The zero-order chi connectivity index (χ0) is 14.8. The average Bonchev–Trinajstić information content (AvgIpc) is 2.98. The van der Waals surface area contributed by atoms with Gasteiger partial charge in [0.25, 0.3) is 0 Å². The van der Waals surface area contributed by atoms with Gasteiger partial charge in [-0.2, -0.15) is 0 Å². The molecule has 1 aliphatic rings. The Labute approximate surface area is 121 Å². The zero-order valence-corrected chi connectivity index (χ0v) is 11.8. The van der Waals surface area contributed by atoms with Crippen LogP contribution in [0.3, 0.4) is 0 Å². The minimum Gasteiger partial charge on any atom is -0.380 e. The minimum absolute atomic E-state index is 0.0856. The maximum Gasteiger partial charge on any atom is 0.300 e. The summed E-state index contributed by atoms with van der Waals surface area (Å²) in [7, 11) is 0. The van der Waals surface area contributed by atoms with Crippen molar-refractivity contribution in [2.45, 2.75) is 25.8 Å². The van der Waals surface area contributed by atoms with Crippen LogP contribution in [0.15, 0.2) is 16.8 Å². The number of aromatic nitrogens is 2. The van der Waals surface area contributed by atoms with Crippen molar-refractivity contribution in [2.75, 3.05) is 25.0 Å². The highest BCUT2D eigenvalue weighted by atomic mass is 16.6. The number of piperidine rings is 1. The van der Waals surface area contributed by atoms with Gasteiger partial charge in [-0.1, -0.05) is 6.92 Å². The maximum absolute atomic E-state index is 11.0. The highest BCUT2D eigenvalue weighted by Crippen LogP contribution is 2.30. The number of nitro groups is 1. The maximum atomic E-state index is 11.0. The summed E-state index contributed by atoms with van der Waals surface area (Å²) in [5.74, 6) is 0. The van der Waals surface area contributed by atoms with Crippen molar-refractivity contribution < 1.29 is 9.55 Å². The fourth-order valence-electron chi connectivity index (χ4n) is 2.73. The molecular weight excluding hydrogens is 274 g/mol. The number of rotatable bonds is 4. The third kappa shape index (κ3) is 2.66. The quantitative estimate of drug-likeness (QED) is 0.679. The molecule has 1 saturated heterocycles. The van der Waals surface area contributed by atoms with Gasteiger partial charge in [0.15, 0.2) is 5.52 Å². The Balaban J connectivity index is 1.81. The molecule has 0 unspecified atom stereocenters. The Morgan fingerprint density at radius 2 is 2.10 bits per heavy atom. The molecule has 0 spiro atoms. The summed E-state index contributed by atoms with van der Waals surface area (Å²) >= 11 is 0. The van der Waals surface area contributed by atoms with Crippen molar-refractivity contribution >= 4 is 22.4 Å². The number of non-ortho nitro benzene ring substituents is 1. The van der Waals surface area contributed by atoms with E-state index in [2.05, 4.69) is 32.1 Å². The Hall–Kier alpha value is -2.22. The molecule has 3 rings (SSSR count). The predicted octanol–water partition coefficient (Wildman–Crippen LogP) is 2.03. The average molecular weight is 291 g/mol. The standard InChI is InChI=1S/C13H17N5O3/c1-2-17-7-5-9(6-8-17)14-10-3-4-11(18(19)20)13-12(10)15-21-16-13/h3-4,9,14H,2,5-8H2,1H3. The SMILES string of the molecule is CCN1CCC(Nc2ccc([N+](=O)[O-])c3nonc23)CC1. The number of hydrogen-bond donors (Lipinski definition) is 1. The van der Waals surface area contributed by atoms with Crippen LogP contribution in [0.5, 0.6) is 0 Å². The molecule has 1 aliphatic heterocycles. The summed E-state index contributed by atoms with van der Waals surface area (Å²) in [6, 6.07) is 3.46. The Morgan fingerprint density at radius 1 is 1.38 bits per heavy atom. The molecule has 1 aromatic carbocycles. The van der Waals surface area contributed by atoms with Crippen LogP contribution >= 0.6 is 0 Å². The van der Waals surface area contributed by atoms with Gasteiger partial charge in [0, 0.05) is 25.2 Å². The Kier molecular flexibility index (Phi) is 3.70. The molecule has 0 bridgehead atoms. The van der Waals surface area contributed by atoms with E-state index >= 15 is 0 Å². The third-order valence-corrected chi connectivity index (χ3v) is 3.99. The van der Waals surface area contributed by atoms with E-state index in [1.807, 2.05) is 0 Å². The molecule has 8 nitrogen and oxygen atoms in total. The molecule has 0 radical (unpaired) electrons. The minimum atomic E-state index is -0.476. The Morgan fingerprint density at radius 3 is 2.76 bits per heavy atom. The lowest BCUT2D eigenvalue weighted by molar-refractivity contribution is -0.383. The summed E-state index contributed by atoms with van der Waals surface area (Å²) in [5.41, 5.74) is 1.27. The van der Waals surface area contributed by atoms with E-state index < -0.39 is 4.92 Å². The number of fused-ring (bicyclic) bond motifs is 1. The summed E-state index contributed by atoms with van der Waals surface area (Å²) in [4.78, 5) is 12.9. The van der Waals surface area contributed by atoms with Crippen LogP contribution in [-0.2, 0) is 0 Å². The summed E-state index contributed by atoms with van der Waals surface area (Å²) < 4.78 is 4.67. The van der Waals surface area contributed by atoms with Crippen LogP contribution in [-0.4, -0.2) is 45.8 Å². The van der Waals surface area contributed by atoms with Crippen molar-refractivity contribution in [3.05, 3.63) is 22.2 Å². The van der Waals surface area contributed by atoms with Gasteiger partial charge >= 0.3 is 5.69 Å². The van der Waals surface area contributed by atoms with Gasteiger partial charge in [0.1, 0.15) is 0 Å². The number of nitrogens with one attached hydrogen (secondary N) is 1. The van der Waals surface area contributed by atoms with Gasteiger partial charge in [0.2, 0.25) is 5.52 Å². The number of nitrogens with zero attached hydrogens (tertiary/aromatic N) is 4. The molecule has 1 aromatic heterocycles. The molecule has 21 heavy (non-hydrogen) atoms. The van der Waals surface area contributed by atoms with E-state index in [1.54, 1.807) is 6.07 Å². The van der Waals surface area contributed by atoms with Crippen LogP contribution in [0.2, 0.25) is 0 Å². The lowest BCUT2D eigenvalue weighted by atomic mass is 10.0. The number of nitro benzene ring substituents is 1. The molecule has 1 N–H and O–H groups in total. The smallest absolute Gasteiger partial charge is 0.300 e. The molecule has 0 atom stereocenters. The van der Waals surface area contributed by atoms with Gasteiger partial charge in [-0.25, -0.2) is 4.63 Å². The number of anilines is 1. The topological polar surface area (TPSA) is 97.3 Å². The van der Waals surface area contributed by atoms with Gasteiger partial charge in [0.05, 0.1) is 10.6 Å². The van der Waals surface area contributed by atoms with E-state index in [9.17, 15) is 10.1 Å². The molecular formula is C13H17N5O3. The van der Waals surface area contributed by atoms with Crippen LogP contribution in [0.1, 0.15) is 19.8 Å². The predicted molar refractivity (Wildman–Crippen MR) is 77.2 cm³/mol. The molecule has 2 heterocycles. The first-order chi connectivity index (χ1) is 10.2. The molecule has 0 saturated carbocycles. The van der Waals surface area contributed by atoms with E-state index in [-0.39, 0.29) is 11.2 Å².